The average molecular weight is 651 g/mol. The zero-order valence-electron chi connectivity index (χ0n) is 28.6. The lowest BCUT2D eigenvalue weighted by Crippen LogP contribution is -2.59. The van der Waals surface area contributed by atoms with Gasteiger partial charge in [-0.25, -0.2) is 0 Å². The number of rotatable bonds is 6. The molecule has 0 aromatic heterocycles. The van der Waals surface area contributed by atoms with Gasteiger partial charge in [-0.1, -0.05) is 33.8 Å². The number of benzene rings is 1. The molecule has 0 radical (unpaired) electrons. The summed E-state index contributed by atoms with van der Waals surface area (Å²) in [5.74, 6) is 1.69. The highest BCUT2D eigenvalue weighted by Gasteiger charge is 2.71. The van der Waals surface area contributed by atoms with E-state index in [0.717, 1.165) is 63.5 Å². The molecule has 1 aromatic carbocycles. The Balaban J connectivity index is 0.936. The molecule has 4 aliphatic carbocycles. The fraction of sp³-hybridized carbons (Fsp3) is 0.763. The number of carbonyl (C=O) groups excluding carboxylic acids is 3. The molecule has 258 valence electrons. The van der Waals surface area contributed by atoms with Crippen LogP contribution in [0.3, 0.4) is 0 Å². The quantitative estimate of drug-likeness (QED) is 0.244. The molecule has 7 rings (SSSR count). The second-order valence-electron chi connectivity index (χ2n) is 16.7. The summed E-state index contributed by atoms with van der Waals surface area (Å²) in [6.07, 6.45) is 9.05. The third-order valence-electron chi connectivity index (χ3n) is 14.3. The number of ketones is 1. The maximum absolute atomic E-state index is 14.4. The van der Waals surface area contributed by atoms with Gasteiger partial charge in [0.15, 0.2) is 17.3 Å². The molecule has 6 aliphatic rings. The Hall–Kier alpha value is -2.65. The molecule has 0 unspecified atom stereocenters. The van der Waals surface area contributed by atoms with E-state index in [0.29, 0.717) is 54.8 Å². The van der Waals surface area contributed by atoms with E-state index in [1.54, 1.807) is 6.07 Å². The van der Waals surface area contributed by atoms with E-state index in [2.05, 4.69) is 38.3 Å². The van der Waals surface area contributed by atoms with E-state index < -0.39 is 5.79 Å². The van der Waals surface area contributed by atoms with Crippen LogP contribution in [-0.2, 0) is 30.3 Å². The predicted molar refractivity (Wildman–Crippen MR) is 175 cm³/mol. The van der Waals surface area contributed by atoms with Crippen LogP contribution in [0, 0.1) is 52.3 Å². The van der Waals surface area contributed by atoms with Gasteiger partial charge in [0.05, 0.1) is 12.7 Å². The van der Waals surface area contributed by atoms with Gasteiger partial charge >= 0.3 is 0 Å². The molecule has 12 atom stereocenters. The van der Waals surface area contributed by atoms with Crippen molar-refractivity contribution in [3.8, 4) is 11.5 Å². The van der Waals surface area contributed by atoms with Crippen LogP contribution in [0.25, 0.3) is 0 Å². The van der Waals surface area contributed by atoms with Gasteiger partial charge in [0, 0.05) is 42.7 Å². The largest absolute Gasteiger partial charge is 0.504 e. The Labute approximate surface area is 278 Å². The fourth-order valence-corrected chi connectivity index (χ4v) is 11.6. The van der Waals surface area contributed by atoms with Gasteiger partial charge in [0.1, 0.15) is 12.2 Å². The highest BCUT2D eigenvalue weighted by molar-refractivity contribution is 5.97. The van der Waals surface area contributed by atoms with Crippen LogP contribution in [0.4, 0.5) is 0 Å². The van der Waals surface area contributed by atoms with Crippen LogP contribution in [0.15, 0.2) is 18.2 Å². The number of amides is 2. The van der Waals surface area contributed by atoms with Crippen molar-refractivity contribution >= 4 is 17.6 Å². The number of hydrogen-bond donors (Lipinski definition) is 4. The van der Waals surface area contributed by atoms with Crippen LogP contribution in [0.5, 0.6) is 11.5 Å². The topological polar surface area (TPSA) is 134 Å². The minimum Gasteiger partial charge on any atom is -0.504 e. The monoisotopic (exact) mass is 650 g/mol. The smallest absolute Gasteiger partial charge is 0.229 e. The summed E-state index contributed by atoms with van der Waals surface area (Å²) in [7, 11) is 0. The number of carbonyl (C=O) groups is 3. The second-order valence-corrected chi connectivity index (χ2v) is 16.7. The first-order chi connectivity index (χ1) is 22.3. The summed E-state index contributed by atoms with van der Waals surface area (Å²) < 4.78 is 13.3. The number of phenolic OH excluding ortho intramolecular Hbond substituents is 2. The Morgan fingerprint density at radius 1 is 0.979 bits per heavy atom. The van der Waals surface area contributed by atoms with Gasteiger partial charge in [-0.05, 0) is 104 Å². The number of aromatic hydroxyl groups is 2. The van der Waals surface area contributed by atoms with Crippen molar-refractivity contribution < 1.29 is 34.1 Å². The van der Waals surface area contributed by atoms with Gasteiger partial charge in [-0.2, -0.15) is 0 Å². The maximum Gasteiger partial charge on any atom is 0.229 e. The van der Waals surface area contributed by atoms with Crippen molar-refractivity contribution in [1.82, 2.24) is 10.6 Å². The Bertz CT molecular complexity index is 1410. The molecule has 0 bridgehead atoms. The number of ether oxygens (including phenoxy) is 2. The van der Waals surface area contributed by atoms with Crippen molar-refractivity contribution in [1.29, 1.82) is 0 Å². The van der Waals surface area contributed by atoms with Gasteiger partial charge in [0.25, 0.3) is 0 Å². The van der Waals surface area contributed by atoms with E-state index in [9.17, 15) is 24.6 Å². The molecule has 47 heavy (non-hydrogen) atoms. The van der Waals surface area contributed by atoms with Crippen molar-refractivity contribution in [3.05, 3.63) is 23.8 Å². The summed E-state index contributed by atoms with van der Waals surface area (Å²) in [4.78, 5) is 39.7. The summed E-state index contributed by atoms with van der Waals surface area (Å²) in [6, 6.07) is 4.62. The van der Waals surface area contributed by atoms with Gasteiger partial charge in [0.2, 0.25) is 11.8 Å². The lowest BCUT2D eigenvalue weighted by Gasteiger charge is -2.60. The van der Waals surface area contributed by atoms with Crippen molar-refractivity contribution in [2.24, 2.45) is 52.3 Å². The lowest BCUT2D eigenvalue weighted by molar-refractivity contribution is -0.272. The molecular weight excluding hydrogens is 596 g/mol. The maximum atomic E-state index is 14.4. The van der Waals surface area contributed by atoms with Crippen molar-refractivity contribution in [3.63, 3.8) is 0 Å². The van der Waals surface area contributed by atoms with Crippen LogP contribution in [-0.4, -0.2) is 58.9 Å². The van der Waals surface area contributed by atoms with E-state index in [1.165, 1.54) is 12.1 Å². The summed E-state index contributed by atoms with van der Waals surface area (Å²) >= 11 is 0. The van der Waals surface area contributed by atoms with Gasteiger partial charge < -0.3 is 30.3 Å². The molecule has 9 nitrogen and oxygen atoms in total. The minimum absolute atomic E-state index is 0.0453. The molecule has 2 aliphatic heterocycles. The molecule has 1 spiro atoms. The number of Topliss-reactive ketones (excluding diaryl/α,β-unsaturated/α-hetero) is 1. The fourth-order valence-electron chi connectivity index (χ4n) is 11.6. The zero-order chi connectivity index (χ0) is 33.3. The van der Waals surface area contributed by atoms with Gasteiger partial charge in [-0.15, -0.1) is 0 Å². The highest BCUT2D eigenvalue weighted by Crippen LogP contribution is 2.70. The molecule has 2 amide bonds. The molecule has 2 heterocycles. The number of nitrogens with one attached hydrogen (secondary N) is 2. The molecule has 6 fully saturated rings. The van der Waals surface area contributed by atoms with Crippen LogP contribution in [0.2, 0.25) is 0 Å². The van der Waals surface area contributed by atoms with Gasteiger partial charge in [-0.3, -0.25) is 14.4 Å². The SMILES string of the molecule is C[C@@H]1CC[C@@]2(OC1)O[C@H]1C[C@H]3[C@@H]4CC[C@H]5C[C@@H](NC(=O)CC(=O)NCCc6ccc(O)c(O)c6)CC[C@]5(C)[C@H]4CC(=O)[C@]3(C)[C@H]1[C@@H]2C. The van der Waals surface area contributed by atoms with E-state index >= 15 is 0 Å². The normalized spacial score (nSPS) is 43.8. The second kappa shape index (κ2) is 12.0. The summed E-state index contributed by atoms with van der Waals surface area (Å²) in [5.41, 5.74) is 0.516. The minimum atomic E-state index is -0.515. The van der Waals surface area contributed by atoms with Crippen LogP contribution in [0.1, 0.15) is 97.5 Å². The third kappa shape index (κ3) is 5.48. The first kappa shape index (κ1) is 32.9. The molecule has 9 heteroatoms. The molecule has 4 N–H and O–H groups in total. The van der Waals surface area contributed by atoms with Crippen LogP contribution < -0.4 is 10.6 Å². The third-order valence-corrected chi connectivity index (χ3v) is 14.3. The summed E-state index contributed by atoms with van der Waals surface area (Å²) in [6.45, 7) is 10.3. The Morgan fingerprint density at radius 3 is 2.53 bits per heavy atom. The molecular formula is C38H54N2O7. The predicted octanol–water partition coefficient (Wildman–Crippen LogP) is 5.26. The lowest BCUT2D eigenvalue weighted by atomic mass is 9.44. The average Bonchev–Trinajstić information content (AvgIpc) is 3.47. The summed E-state index contributed by atoms with van der Waals surface area (Å²) in [5, 5.41) is 25.1. The molecule has 1 aromatic rings. The first-order valence-electron chi connectivity index (χ1n) is 18.3. The Kier molecular flexibility index (Phi) is 8.42. The first-order valence-corrected chi connectivity index (χ1v) is 18.3. The Morgan fingerprint density at radius 2 is 1.79 bits per heavy atom. The van der Waals surface area contributed by atoms with E-state index in [-0.39, 0.29) is 64.5 Å². The number of fused-ring (bicyclic) bond motifs is 7. The standard InChI is InChI=1S/C38H54N2O7/c1-21-9-13-38(46-20-21)22(2)35-31(47-38)17-28-26-7-6-24-16-25(10-12-36(24,3)27(26)18-32(43)37(28,35)4)40-34(45)19-33(44)39-14-11-23-5-8-29(41)30(42)15-23/h5,8,15,21-22,24-28,31,35,41-42H,6-7,9-14,16-20H2,1-4H3,(H,39,44)(H,40,45)/t21-,22+,24+,25+,26-,27+,28+,31+,35+,36+,37-,38-/m1/s1. The van der Waals surface area contributed by atoms with Crippen LogP contribution >= 0.6 is 0 Å². The van der Waals surface area contributed by atoms with Crippen molar-refractivity contribution in [2.75, 3.05) is 13.2 Å². The van der Waals surface area contributed by atoms with E-state index in [4.69, 9.17) is 9.47 Å². The molecule has 4 saturated carbocycles. The molecule has 2 saturated heterocycles. The zero-order valence-corrected chi connectivity index (χ0v) is 28.6. The van der Waals surface area contributed by atoms with E-state index in [1.807, 2.05) is 0 Å². The van der Waals surface area contributed by atoms with Crippen molar-refractivity contribution in [2.45, 2.75) is 116 Å². The number of hydrogen-bond acceptors (Lipinski definition) is 7. The highest BCUT2D eigenvalue weighted by atomic mass is 16.7. The number of phenols is 2.